The zero-order valence-electron chi connectivity index (χ0n) is 11.7. The normalized spacial score (nSPS) is 10.3. The number of nitro groups is 1. The number of halogens is 1. The first-order valence-corrected chi connectivity index (χ1v) is 6.12. The summed E-state index contributed by atoms with van der Waals surface area (Å²) in [6.07, 6.45) is 0. The van der Waals surface area contributed by atoms with Gasteiger partial charge in [-0.05, 0) is 25.1 Å². The van der Waals surface area contributed by atoms with Crippen LogP contribution in [0.2, 0.25) is 0 Å². The summed E-state index contributed by atoms with van der Waals surface area (Å²) >= 11 is 0. The van der Waals surface area contributed by atoms with Gasteiger partial charge in [-0.1, -0.05) is 6.07 Å². The highest BCUT2D eigenvalue weighted by Crippen LogP contribution is 2.25. The Kier molecular flexibility index (Phi) is 4.02. The Morgan fingerprint density at radius 2 is 2.00 bits per heavy atom. The Morgan fingerprint density at radius 3 is 2.59 bits per heavy atom. The van der Waals surface area contributed by atoms with E-state index in [4.69, 9.17) is 0 Å². The van der Waals surface area contributed by atoms with Crippen LogP contribution in [0.15, 0.2) is 35.1 Å². The number of rotatable bonds is 3. The highest BCUT2D eigenvalue weighted by atomic mass is 19.1. The van der Waals surface area contributed by atoms with Crippen molar-refractivity contribution in [3.8, 4) is 5.69 Å². The number of aromatic nitrogens is 1. The largest absolute Gasteiger partial charge is 0.465 e. The van der Waals surface area contributed by atoms with Crippen LogP contribution < -0.4 is 5.56 Å². The number of nitro benzene ring substituents is 1. The summed E-state index contributed by atoms with van der Waals surface area (Å²) in [5.74, 6) is -1.85. The van der Waals surface area contributed by atoms with Gasteiger partial charge in [0, 0.05) is 11.8 Å². The number of methoxy groups -OCH3 is 1. The van der Waals surface area contributed by atoms with Gasteiger partial charge >= 0.3 is 5.97 Å². The Bertz CT molecular complexity index is 828. The van der Waals surface area contributed by atoms with Gasteiger partial charge in [-0.15, -0.1) is 0 Å². The molecular formula is C14H11FN2O5. The van der Waals surface area contributed by atoms with Crippen molar-refractivity contribution in [2.75, 3.05) is 7.11 Å². The number of nitrogens with zero attached hydrogens (tertiary/aromatic N) is 2. The predicted molar refractivity (Wildman–Crippen MR) is 74.7 cm³/mol. The van der Waals surface area contributed by atoms with Crippen molar-refractivity contribution in [3.05, 3.63) is 67.9 Å². The molecular weight excluding hydrogens is 295 g/mol. The van der Waals surface area contributed by atoms with Crippen LogP contribution in [-0.2, 0) is 4.74 Å². The fraction of sp³-hybridized carbons (Fsp3) is 0.143. The first kappa shape index (κ1) is 15.4. The fourth-order valence-electron chi connectivity index (χ4n) is 2.05. The average molecular weight is 306 g/mol. The summed E-state index contributed by atoms with van der Waals surface area (Å²) in [6.45, 7) is 1.47. The van der Waals surface area contributed by atoms with Gasteiger partial charge in [0.25, 0.3) is 11.2 Å². The molecule has 0 bridgehead atoms. The van der Waals surface area contributed by atoms with E-state index < -0.39 is 33.6 Å². The molecule has 0 spiro atoms. The molecule has 0 saturated carbocycles. The van der Waals surface area contributed by atoms with Gasteiger partial charge in [0.05, 0.1) is 12.0 Å². The average Bonchev–Trinajstić information content (AvgIpc) is 2.47. The first-order chi connectivity index (χ1) is 10.4. The third-order valence-electron chi connectivity index (χ3n) is 3.07. The molecule has 0 atom stereocenters. The van der Waals surface area contributed by atoms with Crippen molar-refractivity contribution in [3.63, 3.8) is 0 Å². The van der Waals surface area contributed by atoms with Gasteiger partial charge in [-0.3, -0.25) is 19.5 Å². The summed E-state index contributed by atoms with van der Waals surface area (Å²) in [6, 6.07) is 5.85. The maximum Gasteiger partial charge on any atom is 0.343 e. The van der Waals surface area contributed by atoms with Crippen LogP contribution in [0.1, 0.15) is 16.1 Å². The number of esters is 1. The number of carbonyl (C=O) groups excluding carboxylic acids is 1. The van der Waals surface area contributed by atoms with Crippen molar-refractivity contribution < 1.29 is 18.8 Å². The molecule has 7 nitrogen and oxygen atoms in total. The molecule has 22 heavy (non-hydrogen) atoms. The monoisotopic (exact) mass is 306 g/mol. The third-order valence-corrected chi connectivity index (χ3v) is 3.07. The van der Waals surface area contributed by atoms with E-state index in [-0.39, 0.29) is 11.3 Å². The van der Waals surface area contributed by atoms with Crippen LogP contribution in [0.3, 0.4) is 0 Å². The van der Waals surface area contributed by atoms with Gasteiger partial charge in [0.2, 0.25) is 0 Å². The number of pyridine rings is 1. The molecule has 0 aliphatic heterocycles. The van der Waals surface area contributed by atoms with Crippen molar-refractivity contribution in [1.29, 1.82) is 0 Å². The quantitative estimate of drug-likeness (QED) is 0.491. The lowest BCUT2D eigenvalue weighted by atomic mass is 10.2. The molecule has 0 aliphatic rings. The van der Waals surface area contributed by atoms with Crippen LogP contribution in [0.25, 0.3) is 5.69 Å². The van der Waals surface area contributed by atoms with E-state index in [0.717, 1.165) is 23.8 Å². The van der Waals surface area contributed by atoms with Crippen LogP contribution in [0.4, 0.5) is 10.1 Å². The van der Waals surface area contributed by atoms with E-state index in [1.54, 1.807) is 0 Å². The standard InChI is InChI=1S/C14H11FN2O5/c1-8-6-7-9(14(19)22-2)13(18)16(8)12-10(15)4-3-5-11(12)17(20)21/h3-7H,1-2H3. The van der Waals surface area contributed by atoms with E-state index in [9.17, 15) is 24.1 Å². The zero-order valence-corrected chi connectivity index (χ0v) is 11.7. The summed E-state index contributed by atoms with van der Waals surface area (Å²) < 4.78 is 19.4. The van der Waals surface area contributed by atoms with Crippen LogP contribution in [0.5, 0.6) is 0 Å². The van der Waals surface area contributed by atoms with Crippen molar-refractivity contribution in [2.24, 2.45) is 0 Å². The number of aryl methyl sites for hydroxylation is 1. The van der Waals surface area contributed by atoms with Gasteiger partial charge in [-0.2, -0.15) is 0 Å². The maximum atomic E-state index is 14.1. The number of hydrogen-bond donors (Lipinski definition) is 0. The molecule has 114 valence electrons. The number of para-hydroxylation sites is 1. The van der Waals surface area contributed by atoms with E-state index in [2.05, 4.69) is 4.74 Å². The smallest absolute Gasteiger partial charge is 0.343 e. The number of benzene rings is 1. The lowest BCUT2D eigenvalue weighted by Gasteiger charge is -2.12. The van der Waals surface area contributed by atoms with E-state index in [1.807, 2.05) is 0 Å². The van der Waals surface area contributed by atoms with Gasteiger partial charge in [0.1, 0.15) is 5.56 Å². The molecule has 0 amide bonds. The van der Waals surface area contributed by atoms with Crippen LogP contribution >= 0.6 is 0 Å². The highest BCUT2D eigenvalue weighted by Gasteiger charge is 2.24. The minimum Gasteiger partial charge on any atom is -0.465 e. The Hall–Kier alpha value is -3.03. The minimum atomic E-state index is -0.943. The molecule has 2 rings (SSSR count). The molecule has 0 N–H and O–H groups in total. The number of carbonyl (C=O) groups is 1. The molecule has 1 aromatic heterocycles. The number of ether oxygens (including phenoxy) is 1. The van der Waals surface area contributed by atoms with E-state index in [0.29, 0.717) is 0 Å². The van der Waals surface area contributed by atoms with Gasteiger partial charge in [0.15, 0.2) is 11.5 Å². The van der Waals surface area contributed by atoms with Gasteiger partial charge < -0.3 is 4.74 Å². The molecule has 0 fully saturated rings. The second-order valence-electron chi connectivity index (χ2n) is 4.39. The van der Waals surface area contributed by atoms with Crippen molar-refractivity contribution >= 4 is 11.7 Å². The number of hydrogen-bond acceptors (Lipinski definition) is 5. The fourth-order valence-corrected chi connectivity index (χ4v) is 2.05. The molecule has 2 aromatic rings. The SMILES string of the molecule is COC(=O)c1ccc(C)n(-c2c(F)cccc2[N+](=O)[O-])c1=O. The second-order valence-corrected chi connectivity index (χ2v) is 4.39. The molecule has 0 aliphatic carbocycles. The maximum absolute atomic E-state index is 14.1. The third kappa shape index (κ3) is 2.46. The first-order valence-electron chi connectivity index (χ1n) is 6.12. The summed E-state index contributed by atoms with van der Waals surface area (Å²) in [4.78, 5) is 34.2. The topological polar surface area (TPSA) is 91.4 Å². The Morgan fingerprint density at radius 1 is 1.32 bits per heavy atom. The molecule has 0 unspecified atom stereocenters. The summed E-state index contributed by atoms with van der Waals surface area (Å²) in [5, 5.41) is 11.1. The summed E-state index contributed by atoms with van der Waals surface area (Å²) in [7, 11) is 1.09. The molecule has 8 heteroatoms. The Balaban J connectivity index is 2.88. The lowest BCUT2D eigenvalue weighted by Crippen LogP contribution is -2.28. The van der Waals surface area contributed by atoms with Crippen molar-refractivity contribution in [2.45, 2.75) is 6.92 Å². The second kappa shape index (κ2) is 5.76. The highest BCUT2D eigenvalue weighted by molar-refractivity contribution is 5.89. The van der Waals surface area contributed by atoms with Gasteiger partial charge in [-0.25, -0.2) is 9.18 Å². The van der Waals surface area contributed by atoms with E-state index in [1.165, 1.54) is 25.1 Å². The molecule has 0 saturated heterocycles. The van der Waals surface area contributed by atoms with Crippen LogP contribution in [0, 0.1) is 22.9 Å². The predicted octanol–water partition coefficient (Wildman–Crippen LogP) is 1.98. The molecule has 1 aromatic carbocycles. The molecule has 1 heterocycles. The lowest BCUT2D eigenvalue weighted by molar-refractivity contribution is -0.384. The van der Waals surface area contributed by atoms with Crippen molar-refractivity contribution in [1.82, 2.24) is 4.57 Å². The van der Waals surface area contributed by atoms with Crippen LogP contribution in [-0.4, -0.2) is 22.6 Å². The Labute approximate surface area is 123 Å². The minimum absolute atomic E-state index is 0.242. The van der Waals surface area contributed by atoms with E-state index >= 15 is 0 Å². The summed E-state index contributed by atoms with van der Waals surface area (Å²) in [5.41, 5.74) is -2.08. The zero-order chi connectivity index (χ0) is 16.4. The molecule has 0 radical (unpaired) electrons.